The minimum absolute atomic E-state index is 0.111. The highest BCUT2D eigenvalue weighted by molar-refractivity contribution is 5.97. The van der Waals surface area contributed by atoms with Crippen molar-refractivity contribution in [3.05, 3.63) is 0 Å². The number of hydrogen-bond acceptors (Lipinski definition) is 6. The molecule has 0 aromatic heterocycles. The molecule has 0 aromatic carbocycles. The van der Waals surface area contributed by atoms with Gasteiger partial charge in [-0.2, -0.15) is 0 Å². The fraction of sp³-hybridized carbons (Fsp3) is 0.762. The fourth-order valence-corrected chi connectivity index (χ4v) is 4.06. The van der Waals surface area contributed by atoms with Gasteiger partial charge in [-0.3, -0.25) is 24.0 Å². The summed E-state index contributed by atoms with van der Waals surface area (Å²) in [5.74, 6) is -1.41. The van der Waals surface area contributed by atoms with Crippen LogP contribution >= 0.6 is 0 Å². The van der Waals surface area contributed by atoms with Gasteiger partial charge < -0.3 is 25.6 Å². The van der Waals surface area contributed by atoms with Crippen molar-refractivity contribution in [1.29, 1.82) is 0 Å². The molecule has 0 bridgehead atoms. The second-order valence-corrected chi connectivity index (χ2v) is 8.60. The number of carbonyl (C=O) groups is 5. The molecule has 0 radical (unpaired) electrons. The Morgan fingerprint density at radius 2 is 1.61 bits per heavy atom. The molecule has 10 heteroatoms. The summed E-state index contributed by atoms with van der Waals surface area (Å²) in [6.07, 6.45) is 3.92. The van der Waals surface area contributed by atoms with Crippen LogP contribution in [0.5, 0.6) is 0 Å². The molecule has 3 heterocycles. The van der Waals surface area contributed by atoms with Crippen LogP contribution in [0.4, 0.5) is 0 Å². The number of ketones is 1. The van der Waals surface area contributed by atoms with E-state index in [0.29, 0.717) is 51.7 Å². The molecule has 0 aromatic rings. The van der Waals surface area contributed by atoms with Crippen LogP contribution < -0.4 is 16.0 Å². The van der Waals surface area contributed by atoms with Gasteiger partial charge in [0.1, 0.15) is 30.3 Å². The van der Waals surface area contributed by atoms with E-state index in [0.717, 1.165) is 6.42 Å². The average molecular weight is 437 g/mol. The molecule has 5 atom stereocenters. The molecule has 31 heavy (non-hydrogen) atoms. The molecule has 3 saturated heterocycles. The summed E-state index contributed by atoms with van der Waals surface area (Å²) in [5.41, 5.74) is 0. The molecule has 5 unspecified atom stereocenters. The number of nitrogens with zero attached hydrogens (tertiary/aromatic N) is 1. The summed E-state index contributed by atoms with van der Waals surface area (Å²) in [4.78, 5) is 64.0. The lowest BCUT2D eigenvalue weighted by atomic mass is 10.0. The number of fused-ring (bicyclic) bond motifs is 1. The predicted molar refractivity (Wildman–Crippen MR) is 110 cm³/mol. The second kappa shape index (κ2) is 10.2. The summed E-state index contributed by atoms with van der Waals surface area (Å²) >= 11 is 0. The lowest BCUT2D eigenvalue weighted by Crippen LogP contribution is -2.60. The van der Waals surface area contributed by atoms with Gasteiger partial charge in [0.25, 0.3) is 0 Å². The van der Waals surface area contributed by atoms with Crippen molar-refractivity contribution in [2.45, 2.75) is 89.1 Å². The van der Waals surface area contributed by atoms with Crippen molar-refractivity contribution in [2.75, 3.05) is 13.2 Å². The Hall–Kier alpha value is -2.49. The first-order chi connectivity index (χ1) is 14.8. The highest BCUT2D eigenvalue weighted by Crippen LogP contribution is 2.21. The molecular weight excluding hydrogens is 404 g/mol. The van der Waals surface area contributed by atoms with Crippen molar-refractivity contribution < 1.29 is 28.7 Å². The van der Waals surface area contributed by atoms with E-state index in [1.54, 1.807) is 13.8 Å². The largest absolute Gasteiger partial charge is 0.365 e. The molecule has 172 valence electrons. The lowest BCUT2D eigenvalue weighted by Gasteiger charge is -2.31. The Morgan fingerprint density at radius 1 is 0.968 bits per heavy atom. The van der Waals surface area contributed by atoms with Gasteiger partial charge in [-0.25, -0.2) is 0 Å². The third kappa shape index (κ3) is 6.03. The summed E-state index contributed by atoms with van der Waals surface area (Å²) in [7, 11) is 0. The van der Waals surface area contributed by atoms with Gasteiger partial charge in [-0.1, -0.05) is 12.8 Å². The molecule has 10 nitrogen and oxygen atoms in total. The number of rotatable bonds is 7. The first-order valence-corrected chi connectivity index (χ1v) is 11.1. The van der Waals surface area contributed by atoms with E-state index in [4.69, 9.17) is 4.74 Å². The Labute approximate surface area is 181 Å². The molecule has 3 rings (SSSR count). The molecule has 4 amide bonds. The van der Waals surface area contributed by atoms with Crippen LogP contribution in [0, 0.1) is 0 Å². The second-order valence-electron chi connectivity index (χ2n) is 8.60. The summed E-state index contributed by atoms with van der Waals surface area (Å²) in [6, 6.07) is -3.07. The quantitative estimate of drug-likeness (QED) is 0.360. The van der Waals surface area contributed by atoms with E-state index in [1.165, 1.54) is 4.90 Å². The number of epoxide rings is 1. The van der Waals surface area contributed by atoms with E-state index in [9.17, 15) is 24.0 Å². The smallest absolute Gasteiger partial charge is 0.245 e. The van der Waals surface area contributed by atoms with Gasteiger partial charge in [0.2, 0.25) is 23.6 Å². The van der Waals surface area contributed by atoms with Crippen molar-refractivity contribution in [3.8, 4) is 0 Å². The first-order valence-electron chi connectivity index (χ1n) is 11.1. The van der Waals surface area contributed by atoms with Gasteiger partial charge in [0.05, 0.1) is 6.61 Å². The maximum Gasteiger partial charge on any atom is 0.245 e. The van der Waals surface area contributed by atoms with Crippen LogP contribution in [0.15, 0.2) is 0 Å². The Kier molecular flexibility index (Phi) is 7.64. The number of hydrogen-bond donors (Lipinski definition) is 3. The van der Waals surface area contributed by atoms with Gasteiger partial charge in [-0.15, -0.1) is 0 Å². The van der Waals surface area contributed by atoms with Crippen molar-refractivity contribution in [3.63, 3.8) is 0 Å². The number of ether oxygens (including phenoxy) is 1. The molecule has 3 N–H and O–H groups in total. The zero-order chi connectivity index (χ0) is 22.5. The first kappa shape index (κ1) is 23.2. The highest BCUT2D eigenvalue weighted by atomic mass is 16.6. The standard InChI is InChI=1S/C21H32N4O6/c1-12-18(27)22-13(2)19(28)24-14(7-4-3-5-9-16(26)17-11-31-17)21(30)25-10-6-8-15(25)20(29)23-12/h12-15,17H,3-11H2,1-2H3,(H,22,27)(H,23,29)(H,24,28). The maximum absolute atomic E-state index is 13.2. The Balaban J connectivity index is 1.65. The minimum Gasteiger partial charge on any atom is -0.365 e. The van der Waals surface area contributed by atoms with Crippen LogP contribution in [0.1, 0.15) is 58.8 Å². The third-order valence-corrected chi connectivity index (χ3v) is 6.07. The van der Waals surface area contributed by atoms with Gasteiger partial charge in [-0.05, 0) is 39.5 Å². The van der Waals surface area contributed by atoms with Crippen LogP contribution in [-0.4, -0.2) is 77.7 Å². The number of carbonyl (C=O) groups excluding carboxylic acids is 5. The molecule has 0 spiro atoms. The monoisotopic (exact) mass is 436 g/mol. The maximum atomic E-state index is 13.2. The van der Waals surface area contributed by atoms with Crippen molar-refractivity contribution >= 4 is 29.4 Å². The minimum atomic E-state index is -0.841. The molecule has 3 fully saturated rings. The zero-order valence-corrected chi connectivity index (χ0v) is 18.1. The topological polar surface area (TPSA) is 137 Å². The van der Waals surface area contributed by atoms with Crippen LogP contribution in [0.25, 0.3) is 0 Å². The van der Waals surface area contributed by atoms with E-state index < -0.39 is 36.0 Å². The van der Waals surface area contributed by atoms with Crippen molar-refractivity contribution in [2.24, 2.45) is 0 Å². The van der Waals surface area contributed by atoms with Gasteiger partial charge >= 0.3 is 0 Å². The van der Waals surface area contributed by atoms with Crippen LogP contribution in [0.3, 0.4) is 0 Å². The molecule has 3 aliphatic heterocycles. The van der Waals surface area contributed by atoms with E-state index >= 15 is 0 Å². The molecule has 0 saturated carbocycles. The summed E-state index contributed by atoms with van der Waals surface area (Å²) in [6.45, 7) is 4.04. The summed E-state index contributed by atoms with van der Waals surface area (Å²) in [5, 5.41) is 8.00. The average Bonchev–Trinajstić information content (AvgIpc) is 3.47. The number of unbranched alkanes of at least 4 members (excludes halogenated alkanes) is 2. The normalized spacial score (nSPS) is 31.7. The number of nitrogens with one attached hydrogen (secondary N) is 3. The SMILES string of the molecule is CC1NC(=O)C(C)NC(=O)C2CCCN2C(=O)C(CCCCCC(=O)C2CO2)NC1=O. The fourth-order valence-electron chi connectivity index (χ4n) is 4.06. The molecule has 0 aliphatic carbocycles. The Morgan fingerprint density at radius 3 is 2.29 bits per heavy atom. The van der Waals surface area contributed by atoms with E-state index in [2.05, 4.69) is 16.0 Å². The van der Waals surface area contributed by atoms with E-state index in [-0.39, 0.29) is 23.7 Å². The van der Waals surface area contributed by atoms with Gasteiger partial charge in [0, 0.05) is 13.0 Å². The number of Topliss-reactive ketones (excluding diaryl/α,β-unsaturated/α-hetero) is 1. The highest BCUT2D eigenvalue weighted by Gasteiger charge is 2.39. The van der Waals surface area contributed by atoms with Crippen molar-refractivity contribution in [1.82, 2.24) is 20.9 Å². The summed E-state index contributed by atoms with van der Waals surface area (Å²) < 4.78 is 4.98. The molecule has 3 aliphatic rings. The lowest BCUT2D eigenvalue weighted by molar-refractivity contribution is -0.143. The van der Waals surface area contributed by atoms with Crippen LogP contribution in [-0.2, 0) is 28.7 Å². The number of amides is 4. The van der Waals surface area contributed by atoms with E-state index in [1.807, 2.05) is 0 Å². The molecular formula is C21H32N4O6. The van der Waals surface area contributed by atoms with Gasteiger partial charge in [0.15, 0.2) is 5.78 Å². The zero-order valence-electron chi connectivity index (χ0n) is 18.1. The predicted octanol–water partition coefficient (Wildman–Crippen LogP) is -0.596. The Bertz CT molecular complexity index is 737. The van der Waals surface area contributed by atoms with Crippen LogP contribution in [0.2, 0.25) is 0 Å². The third-order valence-electron chi connectivity index (χ3n) is 6.07.